The van der Waals surface area contributed by atoms with Crippen LogP contribution in [0.1, 0.15) is 325 Å². The van der Waals surface area contributed by atoms with Crippen molar-refractivity contribution in [2.24, 2.45) is 17.8 Å². The molecule has 0 aromatic heterocycles. The van der Waals surface area contributed by atoms with Gasteiger partial charge in [0.1, 0.15) is 19.3 Å². The van der Waals surface area contributed by atoms with Crippen LogP contribution in [0.25, 0.3) is 0 Å². The molecular weight excluding hydrogens is 1130 g/mol. The van der Waals surface area contributed by atoms with E-state index in [4.69, 9.17) is 37.0 Å². The molecule has 0 amide bonds. The number of carbonyl (C=O) groups is 4. The van der Waals surface area contributed by atoms with E-state index in [1.54, 1.807) is 0 Å². The molecular formula is C66H128O17P2. The molecule has 0 saturated carbocycles. The summed E-state index contributed by atoms with van der Waals surface area (Å²) in [7, 11) is -9.89. The van der Waals surface area contributed by atoms with Gasteiger partial charge in [-0.3, -0.25) is 37.3 Å². The summed E-state index contributed by atoms with van der Waals surface area (Å²) in [5.41, 5.74) is 0. The first-order valence-electron chi connectivity index (χ1n) is 34.3. The van der Waals surface area contributed by atoms with E-state index in [1.807, 2.05) is 0 Å². The Bertz CT molecular complexity index is 1680. The highest BCUT2D eigenvalue weighted by Gasteiger charge is 2.30. The zero-order valence-corrected chi connectivity index (χ0v) is 56.9. The molecule has 0 aliphatic heterocycles. The molecule has 0 fully saturated rings. The Morgan fingerprint density at radius 3 is 0.800 bits per heavy atom. The first kappa shape index (κ1) is 83.1. The molecule has 504 valence electrons. The van der Waals surface area contributed by atoms with Crippen molar-refractivity contribution in [1.29, 1.82) is 0 Å². The fourth-order valence-electron chi connectivity index (χ4n) is 9.83. The summed E-state index contributed by atoms with van der Waals surface area (Å²) in [4.78, 5) is 72.1. The quantitative estimate of drug-likeness (QED) is 0.0222. The third-order valence-corrected chi connectivity index (χ3v) is 17.0. The summed E-state index contributed by atoms with van der Waals surface area (Å²) < 4.78 is 67.9. The van der Waals surface area contributed by atoms with Crippen LogP contribution in [0.2, 0.25) is 0 Å². The van der Waals surface area contributed by atoms with Crippen LogP contribution in [0, 0.1) is 17.8 Å². The molecule has 0 aliphatic rings. The van der Waals surface area contributed by atoms with Crippen LogP contribution in [-0.2, 0) is 65.4 Å². The van der Waals surface area contributed by atoms with Gasteiger partial charge in [0.15, 0.2) is 12.2 Å². The van der Waals surface area contributed by atoms with Crippen molar-refractivity contribution in [2.75, 3.05) is 39.6 Å². The minimum Gasteiger partial charge on any atom is -0.462 e. The first-order valence-corrected chi connectivity index (χ1v) is 37.3. The van der Waals surface area contributed by atoms with Crippen LogP contribution in [0.5, 0.6) is 0 Å². The summed E-state index contributed by atoms with van der Waals surface area (Å²) in [6.45, 7) is 11.7. The van der Waals surface area contributed by atoms with Crippen molar-refractivity contribution in [3.05, 3.63) is 0 Å². The summed E-state index contributed by atoms with van der Waals surface area (Å²) >= 11 is 0. The van der Waals surface area contributed by atoms with Crippen LogP contribution in [0.4, 0.5) is 0 Å². The van der Waals surface area contributed by atoms with E-state index in [-0.39, 0.29) is 25.7 Å². The third-order valence-electron chi connectivity index (χ3n) is 15.1. The molecule has 0 heterocycles. The highest BCUT2D eigenvalue weighted by Crippen LogP contribution is 2.45. The number of rotatable bonds is 64. The Morgan fingerprint density at radius 2 is 0.541 bits per heavy atom. The number of aliphatic hydroxyl groups excluding tert-OH is 1. The Kier molecular flexibility index (Phi) is 55.9. The zero-order chi connectivity index (χ0) is 63.1. The van der Waals surface area contributed by atoms with Gasteiger partial charge in [0.25, 0.3) is 0 Å². The number of unbranched alkanes of at least 4 members (excludes halogenated alkanes) is 32. The van der Waals surface area contributed by atoms with E-state index in [1.165, 1.54) is 128 Å². The van der Waals surface area contributed by atoms with E-state index in [0.717, 1.165) is 114 Å². The highest BCUT2D eigenvalue weighted by atomic mass is 31.2. The minimum absolute atomic E-state index is 0.105. The first-order chi connectivity index (χ1) is 40.7. The molecule has 0 aromatic rings. The molecule has 3 N–H and O–H groups in total. The second kappa shape index (κ2) is 57.2. The predicted molar refractivity (Wildman–Crippen MR) is 340 cm³/mol. The fraction of sp³-hybridized carbons (Fsp3) is 0.939. The number of phosphoric acid groups is 2. The molecule has 0 aliphatic carbocycles. The van der Waals surface area contributed by atoms with E-state index in [2.05, 4.69) is 48.5 Å². The smallest absolute Gasteiger partial charge is 0.462 e. The van der Waals surface area contributed by atoms with E-state index < -0.39 is 97.5 Å². The van der Waals surface area contributed by atoms with Crippen molar-refractivity contribution in [3.63, 3.8) is 0 Å². The molecule has 0 saturated heterocycles. The third kappa shape index (κ3) is 60.7. The van der Waals surface area contributed by atoms with Gasteiger partial charge in [-0.25, -0.2) is 9.13 Å². The maximum atomic E-state index is 13.0. The Morgan fingerprint density at radius 1 is 0.318 bits per heavy atom. The summed E-state index contributed by atoms with van der Waals surface area (Å²) in [5, 5.41) is 10.5. The summed E-state index contributed by atoms with van der Waals surface area (Å²) in [6.07, 6.45) is 39.2. The second-order valence-electron chi connectivity index (χ2n) is 25.3. The van der Waals surface area contributed by atoms with Crippen LogP contribution < -0.4 is 0 Å². The fourth-order valence-corrected chi connectivity index (χ4v) is 11.4. The van der Waals surface area contributed by atoms with Crippen molar-refractivity contribution in [3.8, 4) is 0 Å². The van der Waals surface area contributed by atoms with Crippen LogP contribution in [0.3, 0.4) is 0 Å². The number of carbonyl (C=O) groups excluding carboxylic acids is 4. The SMILES string of the molecule is CCCCCCCC(=O)OC[C@H](COP(=O)(O)OC[C@H](O)COP(=O)(O)OC[C@@H](COC(=O)CCCCCCCCCCCCC(C)C)OC(=O)CCCCCCCCCCCCCC(C)C)OC(=O)CCCCCCCCCCCCC(C)C. The maximum Gasteiger partial charge on any atom is 0.472 e. The molecule has 2 unspecified atom stereocenters. The van der Waals surface area contributed by atoms with Gasteiger partial charge in [-0.15, -0.1) is 0 Å². The summed E-state index contributed by atoms with van der Waals surface area (Å²) in [6, 6.07) is 0. The van der Waals surface area contributed by atoms with E-state index in [9.17, 15) is 43.2 Å². The van der Waals surface area contributed by atoms with Gasteiger partial charge in [-0.05, 0) is 43.4 Å². The monoisotopic (exact) mass is 1250 g/mol. The number of hydrogen-bond donors (Lipinski definition) is 3. The largest absolute Gasteiger partial charge is 0.472 e. The molecule has 0 rings (SSSR count). The number of esters is 4. The minimum atomic E-state index is -4.95. The topological polar surface area (TPSA) is 237 Å². The van der Waals surface area contributed by atoms with Gasteiger partial charge in [-0.1, -0.05) is 273 Å². The zero-order valence-electron chi connectivity index (χ0n) is 55.1. The Balaban J connectivity index is 5.18. The lowest BCUT2D eigenvalue weighted by molar-refractivity contribution is -0.161. The molecule has 19 heteroatoms. The van der Waals surface area contributed by atoms with Crippen molar-refractivity contribution in [1.82, 2.24) is 0 Å². The number of hydrogen-bond acceptors (Lipinski definition) is 15. The number of ether oxygens (including phenoxy) is 4. The van der Waals surface area contributed by atoms with E-state index >= 15 is 0 Å². The van der Waals surface area contributed by atoms with Gasteiger partial charge in [0.05, 0.1) is 26.4 Å². The average molecular weight is 1260 g/mol. The van der Waals surface area contributed by atoms with Gasteiger partial charge >= 0.3 is 39.5 Å². The number of phosphoric ester groups is 2. The summed E-state index contributed by atoms with van der Waals surface area (Å²) in [5.74, 6) is 0.134. The molecule has 0 bridgehead atoms. The molecule has 0 spiro atoms. The molecule has 85 heavy (non-hydrogen) atoms. The maximum absolute atomic E-state index is 13.0. The van der Waals surface area contributed by atoms with Gasteiger partial charge in [0, 0.05) is 25.7 Å². The lowest BCUT2D eigenvalue weighted by atomic mass is 10.0. The van der Waals surface area contributed by atoms with E-state index in [0.29, 0.717) is 25.7 Å². The normalized spacial score (nSPS) is 14.3. The van der Waals surface area contributed by atoms with Crippen LogP contribution in [-0.4, -0.2) is 96.7 Å². The van der Waals surface area contributed by atoms with Crippen molar-refractivity contribution < 1.29 is 80.2 Å². The molecule has 0 aromatic carbocycles. The predicted octanol–water partition coefficient (Wildman–Crippen LogP) is 18.3. The highest BCUT2D eigenvalue weighted by molar-refractivity contribution is 7.47. The van der Waals surface area contributed by atoms with Crippen LogP contribution in [0.15, 0.2) is 0 Å². The van der Waals surface area contributed by atoms with Crippen molar-refractivity contribution >= 4 is 39.5 Å². The Labute approximate surface area is 517 Å². The standard InChI is InChI=1S/C66H128O17P2/c1-8-9-10-30-40-47-63(68)76-53-61(82-65(70)50-43-36-29-23-17-15-20-26-33-39-46-59(6)7)55-80-84(72,73)78-51-60(67)52-79-85(74,75)81-56-62(54-77-64(69)48-41-34-27-21-16-14-19-25-32-38-45-58(4)5)83-66(71)49-42-35-28-22-13-11-12-18-24-31-37-44-57(2)3/h57-62,67H,8-56H2,1-7H3,(H,72,73)(H,74,75)/t60-,61+,62+/m0/s1. The van der Waals surface area contributed by atoms with Gasteiger partial charge in [-0.2, -0.15) is 0 Å². The number of aliphatic hydroxyl groups is 1. The van der Waals surface area contributed by atoms with Crippen molar-refractivity contribution in [2.45, 2.75) is 343 Å². The molecule has 5 atom stereocenters. The Hall–Kier alpha value is -1.94. The molecule has 0 radical (unpaired) electrons. The molecule has 17 nitrogen and oxygen atoms in total. The van der Waals surface area contributed by atoms with Crippen LogP contribution >= 0.6 is 15.6 Å². The average Bonchev–Trinajstić information content (AvgIpc) is 3.61. The lowest BCUT2D eigenvalue weighted by Crippen LogP contribution is -2.30. The van der Waals surface area contributed by atoms with Gasteiger partial charge < -0.3 is 33.8 Å². The second-order valence-corrected chi connectivity index (χ2v) is 28.2. The lowest BCUT2D eigenvalue weighted by Gasteiger charge is -2.21. The van der Waals surface area contributed by atoms with Gasteiger partial charge in [0.2, 0.25) is 0 Å².